The molecule has 1 nitrogen and oxygen atoms in total. The van der Waals surface area contributed by atoms with E-state index in [-0.39, 0.29) is 0 Å². The highest BCUT2D eigenvalue weighted by Gasteiger charge is 2.02. The SMILES string of the molecule is [CH2]CCOc1cc(C)c(Cl)c(C)c1. The maximum Gasteiger partial charge on any atom is 0.119 e. The van der Waals surface area contributed by atoms with Gasteiger partial charge in [0.2, 0.25) is 0 Å². The Balaban J connectivity index is 2.86. The Labute approximate surface area is 84.7 Å². The Morgan fingerprint density at radius 1 is 1.31 bits per heavy atom. The molecule has 0 amide bonds. The third-order valence-electron chi connectivity index (χ3n) is 1.82. The van der Waals surface area contributed by atoms with E-state index in [9.17, 15) is 0 Å². The zero-order valence-electron chi connectivity index (χ0n) is 8.06. The normalized spacial score (nSPS) is 10.2. The van der Waals surface area contributed by atoms with Crippen molar-refractivity contribution in [1.29, 1.82) is 0 Å². The summed E-state index contributed by atoms with van der Waals surface area (Å²) in [6, 6.07) is 3.90. The summed E-state index contributed by atoms with van der Waals surface area (Å²) in [5.74, 6) is 0.878. The van der Waals surface area contributed by atoms with Crippen LogP contribution in [0.4, 0.5) is 0 Å². The van der Waals surface area contributed by atoms with Crippen LogP contribution in [0.15, 0.2) is 12.1 Å². The van der Waals surface area contributed by atoms with Gasteiger partial charge in [-0.05, 0) is 50.5 Å². The van der Waals surface area contributed by atoms with E-state index in [0.717, 1.165) is 28.3 Å². The highest BCUT2D eigenvalue weighted by atomic mass is 35.5. The average Bonchev–Trinajstić information content (AvgIpc) is 2.10. The van der Waals surface area contributed by atoms with Crippen molar-refractivity contribution in [2.45, 2.75) is 20.3 Å². The van der Waals surface area contributed by atoms with Gasteiger partial charge in [-0.15, -0.1) is 0 Å². The molecule has 0 aromatic heterocycles. The molecule has 0 saturated heterocycles. The molecule has 13 heavy (non-hydrogen) atoms. The fraction of sp³-hybridized carbons (Fsp3) is 0.364. The molecular weight excluding hydrogens is 184 g/mol. The molecule has 0 heterocycles. The van der Waals surface area contributed by atoms with Gasteiger partial charge >= 0.3 is 0 Å². The molecule has 0 aliphatic heterocycles. The number of halogens is 1. The van der Waals surface area contributed by atoms with Gasteiger partial charge in [0, 0.05) is 5.02 Å². The molecule has 0 bridgehead atoms. The highest BCUT2D eigenvalue weighted by Crippen LogP contribution is 2.25. The molecule has 0 fully saturated rings. The predicted octanol–water partition coefficient (Wildman–Crippen LogP) is 3.56. The molecule has 1 radical (unpaired) electrons. The molecule has 0 aliphatic carbocycles. The van der Waals surface area contributed by atoms with Crippen molar-refractivity contribution in [3.63, 3.8) is 0 Å². The Kier molecular flexibility index (Phi) is 3.61. The molecule has 1 aromatic rings. The molecule has 0 aliphatic rings. The van der Waals surface area contributed by atoms with E-state index in [4.69, 9.17) is 16.3 Å². The van der Waals surface area contributed by atoms with Crippen molar-refractivity contribution in [3.05, 3.63) is 35.2 Å². The fourth-order valence-corrected chi connectivity index (χ4v) is 1.29. The van der Waals surface area contributed by atoms with Gasteiger partial charge in [-0.1, -0.05) is 11.6 Å². The van der Waals surface area contributed by atoms with Crippen molar-refractivity contribution < 1.29 is 4.74 Å². The number of ether oxygens (including phenoxy) is 1. The summed E-state index contributed by atoms with van der Waals surface area (Å²) in [7, 11) is 0. The molecule has 0 unspecified atom stereocenters. The van der Waals surface area contributed by atoms with Gasteiger partial charge in [-0.2, -0.15) is 0 Å². The Bertz CT molecular complexity index is 271. The van der Waals surface area contributed by atoms with Crippen molar-refractivity contribution in [1.82, 2.24) is 0 Å². The van der Waals surface area contributed by atoms with Gasteiger partial charge in [0.15, 0.2) is 0 Å². The largest absolute Gasteiger partial charge is 0.494 e. The average molecular weight is 198 g/mol. The molecule has 0 atom stereocenters. The Morgan fingerprint density at radius 2 is 1.85 bits per heavy atom. The monoisotopic (exact) mass is 197 g/mol. The third kappa shape index (κ3) is 2.63. The van der Waals surface area contributed by atoms with E-state index < -0.39 is 0 Å². The van der Waals surface area contributed by atoms with Crippen molar-refractivity contribution in [3.8, 4) is 5.75 Å². The first kappa shape index (κ1) is 10.4. The second-order valence-corrected chi connectivity index (χ2v) is 3.45. The summed E-state index contributed by atoms with van der Waals surface area (Å²) in [5.41, 5.74) is 2.11. The molecule has 0 saturated carbocycles. The van der Waals surface area contributed by atoms with Gasteiger partial charge in [-0.25, -0.2) is 0 Å². The maximum absolute atomic E-state index is 6.02. The van der Waals surface area contributed by atoms with Gasteiger partial charge in [0.05, 0.1) is 6.61 Å². The molecular formula is C11H14ClO. The van der Waals surface area contributed by atoms with Crippen LogP contribution in [0.2, 0.25) is 5.02 Å². The van der Waals surface area contributed by atoms with Crippen LogP contribution in [-0.4, -0.2) is 6.61 Å². The first-order valence-electron chi connectivity index (χ1n) is 4.34. The van der Waals surface area contributed by atoms with Crippen LogP contribution in [0.3, 0.4) is 0 Å². The van der Waals surface area contributed by atoms with E-state index in [2.05, 4.69) is 6.92 Å². The van der Waals surface area contributed by atoms with Crippen molar-refractivity contribution in [2.24, 2.45) is 0 Å². The van der Waals surface area contributed by atoms with E-state index in [1.54, 1.807) is 0 Å². The first-order chi connectivity index (χ1) is 6.15. The summed E-state index contributed by atoms with van der Waals surface area (Å²) in [6.07, 6.45) is 0.778. The number of aryl methyl sites for hydroxylation is 2. The topological polar surface area (TPSA) is 9.23 Å². The van der Waals surface area contributed by atoms with E-state index in [1.165, 1.54) is 0 Å². The zero-order chi connectivity index (χ0) is 9.84. The number of rotatable bonds is 3. The van der Waals surface area contributed by atoms with Crippen LogP contribution in [0, 0.1) is 20.8 Å². The smallest absolute Gasteiger partial charge is 0.119 e. The standard InChI is InChI=1S/C11H14ClO/c1-4-5-13-10-6-8(2)11(12)9(3)7-10/h6-7H,1,4-5H2,2-3H3. The lowest BCUT2D eigenvalue weighted by atomic mass is 10.1. The molecule has 0 spiro atoms. The maximum atomic E-state index is 6.02. The van der Waals surface area contributed by atoms with Gasteiger partial charge < -0.3 is 4.74 Å². The summed E-state index contributed by atoms with van der Waals surface area (Å²) in [5, 5.41) is 0.821. The minimum absolute atomic E-state index is 0.653. The third-order valence-corrected chi connectivity index (χ3v) is 2.42. The van der Waals surface area contributed by atoms with E-state index in [1.807, 2.05) is 26.0 Å². The summed E-state index contributed by atoms with van der Waals surface area (Å²) >= 11 is 6.02. The lowest BCUT2D eigenvalue weighted by Crippen LogP contribution is -1.96. The molecule has 2 heteroatoms. The predicted molar refractivity (Wildman–Crippen MR) is 56.4 cm³/mol. The molecule has 71 valence electrons. The number of hydrogen-bond acceptors (Lipinski definition) is 1. The summed E-state index contributed by atoms with van der Waals surface area (Å²) in [6.45, 7) is 8.32. The summed E-state index contributed by atoms with van der Waals surface area (Å²) in [4.78, 5) is 0. The Hall–Kier alpha value is -0.690. The van der Waals surface area contributed by atoms with Gasteiger partial charge in [0.1, 0.15) is 5.75 Å². The van der Waals surface area contributed by atoms with E-state index in [0.29, 0.717) is 6.61 Å². The quantitative estimate of drug-likeness (QED) is 0.720. The van der Waals surface area contributed by atoms with Crippen LogP contribution in [0.1, 0.15) is 17.5 Å². The van der Waals surface area contributed by atoms with E-state index >= 15 is 0 Å². The lowest BCUT2D eigenvalue weighted by molar-refractivity contribution is 0.324. The minimum Gasteiger partial charge on any atom is -0.494 e. The van der Waals surface area contributed by atoms with Crippen molar-refractivity contribution >= 4 is 11.6 Å². The van der Waals surface area contributed by atoms with Gasteiger partial charge in [-0.3, -0.25) is 0 Å². The molecule has 1 rings (SSSR count). The highest BCUT2D eigenvalue weighted by molar-refractivity contribution is 6.32. The van der Waals surface area contributed by atoms with Gasteiger partial charge in [0.25, 0.3) is 0 Å². The number of benzene rings is 1. The second kappa shape index (κ2) is 4.52. The first-order valence-corrected chi connectivity index (χ1v) is 4.71. The Morgan fingerprint density at radius 3 is 2.31 bits per heavy atom. The van der Waals surface area contributed by atoms with Crippen LogP contribution >= 0.6 is 11.6 Å². The fourth-order valence-electron chi connectivity index (χ4n) is 1.18. The van der Waals surface area contributed by atoms with Crippen LogP contribution < -0.4 is 4.74 Å². The van der Waals surface area contributed by atoms with Crippen LogP contribution in [0.25, 0.3) is 0 Å². The second-order valence-electron chi connectivity index (χ2n) is 3.07. The lowest BCUT2D eigenvalue weighted by Gasteiger charge is -2.08. The number of hydrogen-bond donors (Lipinski definition) is 0. The van der Waals surface area contributed by atoms with Crippen LogP contribution in [0.5, 0.6) is 5.75 Å². The van der Waals surface area contributed by atoms with Crippen LogP contribution in [-0.2, 0) is 0 Å². The molecule has 0 N–H and O–H groups in total. The zero-order valence-corrected chi connectivity index (χ0v) is 8.82. The van der Waals surface area contributed by atoms with Crippen molar-refractivity contribution in [2.75, 3.05) is 6.61 Å². The molecule has 1 aromatic carbocycles. The minimum atomic E-state index is 0.653. The summed E-state index contributed by atoms with van der Waals surface area (Å²) < 4.78 is 5.45.